The van der Waals surface area contributed by atoms with Gasteiger partial charge in [0.1, 0.15) is 0 Å². The molecule has 0 aliphatic carbocycles. The van der Waals surface area contributed by atoms with Crippen LogP contribution >= 0.6 is 0 Å². The lowest BCUT2D eigenvalue weighted by Gasteiger charge is -2.26. The molecule has 0 spiro atoms. The molecule has 1 fully saturated rings. The smallest absolute Gasteiger partial charge is 0.241 e. The molecule has 0 saturated carbocycles. The lowest BCUT2D eigenvalue weighted by atomic mass is 10.2. The van der Waals surface area contributed by atoms with Crippen LogP contribution in [0.1, 0.15) is 13.3 Å². The van der Waals surface area contributed by atoms with E-state index in [0.717, 1.165) is 38.3 Å². The number of nitrogens with one attached hydrogen (secondary N) is 2. The summed E-state index contributed by atoms with van der Waals surface area (Å²) in [6.45, 7) is 5.78. The fraction of sp³-hybridized carbons (Fsp3) is 0.500. The quantitative estimate of drug-likeness (QED) is 0.708. The number of rotatable bonds is 3. The zero-order valence-corrected chi connectivity index (χ0v) is 11.4. The maximum absolute atomic E-state index is 12.2. The molecule has 1 saturated heterocycles. The zero-order valence-electron chi connectivity index (χ0n) is 11.4. The molecule has 1 unspecified atom stereocenters. The van der Waals surface area contributed by atoms with Gasteiger partial charge in [0.05, 0.1) is 6.04 Å². The molecule has 1 amide bonds. The van der Waals surface area contributed by atoms with Gasteiger partial charge in [0, 0.05) is 31.0 Å². The Kier molecular flexibility index (Phi) is 4.76. The van der Waals surface area contributed by atoms with Crippen LogP contribution in [0.25, 0.3) is 0 Å². The molecule has 2 rings (SSSR count). The van der Waals surface area contributed by atoms with Crippen molar-refractivity contribution < 1.29 is 4.79 Å². The maximum atomic E-state index is 12.2. The highest BCUT2D eigenvalue weighted by atomic mass is 16.2. The largest absolute Gasteiger partial charge is 0.399 e. The van der Waals surface area contributed by atoms with E-state index in [1.807, 2.05) is 19.1 Å². The van der Waals surface area contributed by atoms with Gasteiger partial charge in [0.2, 0.25) is 5.91 Å². The Balaban J connectivity index is 1.94. The van der Waals surface area contributed by atoms with E-state index in [1.54, 1.807) is 12.1 Å². The Morgan fingerprint density at radius 3 is 3.05 bits per heavy atom. The lowest BCUT2D eigenvalue weighted by Crippen LogP contribution is -2.43. The number of nitrogens with two attached hydrogens (primary N) is 1. The highest BCUT2D eigenvalue weighted by molar-refractivity contribution is 5.94. The van der Waals surface area contributed by atoms with Gasteiger partial charge in [-0.1, -0.05) is 6.07 Å². The summed E-state index contributed by atoms with van der Waals surface area (Å²) in [5, 5.41) is 6.26. The van der Waals surface area contributed by atoms with Crippen molar-refractivity contribution >= 4 is 17.3 Å². The van der Waals surface area contributed by atoms with Crippen LogP contribution in [0.3, 0.4) is 0 Å². The number of nitrogen functional groups attached to an aromatic ring is 1. The van der Waals surface area contributed by atoms with Crippen LogP contribution in [0, 0.1) is 0 Å². The molecule has 0 radical (unpaired) electrons. The molecule has 19 heavy (non-hydrogen) atoms. The number of hydrogen-bond acceptors (Lipinski definition) is 4. The van der Waals surface area contributed by atoms with E-state index >= 15 is 0 Å². The van der Waals surface area contributed by atoms with E-state index < -0.39 is 0 Å². The van der Waals surface area contributed by atoms with Crippen molar-refractivity contribution in [1.29, 1.82) is 0 Å². The van der Waals surface area contributed by atoms with Crippen molar-refractivity contribution in [2.24, 2.45) is 0 Å². The Morgan fingerprint density at radius 2 is 2.26 bits per heavy atom. The number of hydrogen-bond donors (Lipinski definition) is 3. The van der Waals surface area contributed by atoms with Gasteiger partial charge >= 0.3 is 0 Å². The molecule has 5 nitrogen and oxygen atoms in total. The lowest BCUT2D eigenvalue weighted by molar-refractivity contribution is -0.120. The molecule has 1 aliphatic heterocycles. The minimum absolute atomic E-state index is 0.0208. The maximum Gasteiger partial charge on any atom is 0.241 e. The van der Waals surface area contributed by atoms with E-state index in [2.05, 4.69) is 15.5 Å². The van der Waals surface area contributed by atoms with E-state index in [4.69, 9.17) is 5.73 Å². The Labute approximate surface area is 114 Å². The summed E-state index contributed by atoms with van der Waals surface area (Å²) in [6, 6.07) is 7.14. The molecule has 4 N–H and O–H groups in total. The van der Waals surface area contributed by atoms with Crippen molar-refractivity contribution in [2.75, 3.05) is 37.2 Å². The second kappa shape index (κ2) is 6.54. The SMILES string of the molecule is CC(C(=O)Nc1cccc(N)c1)N1CCCNCC1. The van der Waals surface area contributed by atoms with Crippen LogP contribution < -0.4 is 16.4 Å². The Morgan fingerprint density at radius 1 is 1.42 bits per heavy atom. The fourth-order valence-electron chi connectivity index (χ4n) is 2.28. The van der Waals surface area contributed by atoms with E-state index in [1.165, 1.54) is 0 Å². The third kappa shape index (κ3) is 3.94. The van der Waals surface area contributed by atoms with Crippen molar-refractivity contribution in [2.45, 2.75) is 19.4 Å². The Bertz CT molecular complexity index is 427. The fourth-order valence-corrected chi connectivity index (χ4v) is 2.28. The summed E-state index contributed by atoms with van der Waals surface area (Å²) in [6.07, 6.45) is 1.08. The topological polar surface area (TPSA) is 70.4 Å². The molecular weight excluding hydrogens is 240 g/mol. The molecule has 1 heterocycles. The molecule has 104 valence electrons. The summed E-state index contributed by atoms with van der Waals surface area (Å²) in [5.41, 5.74) is 7.12. The average Bonchev–Trinajstić information content (AvgIpc) is 2.66. The van der Waals surface area contributed by atoms with Gasteiger partial charge in [-0.3, -0.25) is 9.69 Å². The van der Waals surface area contributed by atoms with Crippen LogP contribution in [-0.2, 0) is 4.79 Å². The van der Waals surface area contributed by atoms with Gasteiger partial charge < -0.3 is 16.4 Å². The standard InChI is InChI=1S/C14H22N4O/c1-11(18-8-3-6-16-7-9-18)14(19)17-13-5-2-4-12(15)10-13/h2,4-5,10-11,16H,3,6-9,15H2,1H3,(H,17,19). The zero-order chi connectivity index (χ0) is 13.7. The third-order valence-corrected chi connectivity index (χ3v) is 3.46. The van der Waals surface area contributed by atoms with Gasteiger partial charge in [-0.25, -0.2) is 0 Å². The monoisotopic (exact) mass is 262 g/mol. The average molecular weight is 262 g/mol. The van der Waals surface area contributed by atoms with Gasteiger partial charge in [0.15, 0.2) is 0 Å². The predicted octanol–water partition coefficient (Wildman–Crippen LogP) is 0.891. The second-order valence-electron chi connectivity index (χ2n) is 4.93. The summed E-state index contributed by atoms with van der Waals surface area (Å²) in [4.78, 5) is 14.4. The van der Waals surface area contributed by atoms with Crippen molar-refractivity contribution in [3.63, 3.8) is 0 Å². The molecule has 0 aromatic heterocycles. The van der Waals surface area contributed by atoms with Gasteiger partial charge in [-0.2, -0.15) is 0 Å². The predicted molar refractivity (Wildman–Crippen MR) is 78.0 cm³/mol. The van der Waals surface area contributed by atoms with Crippen molar-refractivity contribution in [1.82, 2.24) is 10.2 Å². The van der Waals surface area contributed by atoms with E-state index in [-0.39, 0.29) is 11.9 Å². The van der Waals surface area contributed by atoms with Crippen LogP contribution in [-0.4, -0.2) is 43.0 Å². The minimum atomic E-state index is -0.124. The number of carbonyl (C=O) groups excluding carboxylic acids is 1. The normalized spacial score (nSPS) is 18.6. The first-order valence-corrected chi connectivity index (χ1v) is 6.78. The molecule has 1 aromatic rings. The summed E-state index contributed by atoms with van der Waals surface area (Å²) in [7, 11) is 0. The number of nitrogens with zero attached hydrogens (tertiary/aromatic N) is 1. The van der Waals surface area contributed by atoms with Gasteiger partial charge in [-0.05, 0) is 38.1 Å². The number of anilines is 2. The van der Waals surface area contributed by atoms with Crippen LogP contribution in [0.4, 0.5) is 11.4 Å². The van der Waals surface area contributed by atoms with Gasteiger partial charge in [-0.15, -0.1) is 0 Å². The molecule has 5 heteroatoms. The van der Waals surface area contributed by atoms with Crippen LogP contribution in [0.15, 0.2) is 24.3 Å². The molecule has 1 atom stereocenters. The molecular formula is C14H22N4O. The first-order valence-electron chi connectivity index (χ1n) is 6.78. The first kappa shape index (κ1) is 13.8. The van der Waals surface area contributed by atoms with Crippen molar-refractivity contribution in [3.05, 3.63) is 24.3 Å². The van der Waals surface area contributed by atoms with Crippen LogP contribution in [0.5, 0.6) is 0 Å². The van der Waals surface area contributed by atoms with E-state index in [9.17, 15) is 4.79 Å². The summed E-state index contributed by atoms with van der Waals surface area (Å²) in [5.74, 6) is 0.0208. The van der Waals surface area contributed by atoms with Gasteiger partial charge in [0.25, 0.3) is 0 Å². The molecule has 1 aliphatic rings. The summed E-state index contributed by atoms with van der Waals surface area (Å²) < 4.78 is 0. The summed E-state index contributed by atoms with van der Waals surface area (Å²) >= 11 is 0. The highest BCUT2D eigenvalue weighted by Gasteiger charge is 2.21. The first-order chi connectivity index (χ1) is 9.16. The number of carbonyl (C=O) groups is 1. The van der Waals surface area contributed by atoms with Crippen molar-refractivity contribution in [3.8, 4) is 0 Å². The molecule has 1 aromatic carbocycles. The second-order valence-corrected chi connectivity index (χ2v) is 4.93. The van der Waals surface area contributed by atoms with E-state index in [0.29, 0.717) is 5.69 Å². The number of amides is 1. The Hall–Kier alpha value is -1.59. The minimum Gasteiger partial charge on any atom is -0.399 e. The highest BCUT2D eigenvalue weighted by Crippen LogP contribution is 2.13. The molecule has 0 bridgehead atoms. The third-order valence-electron chi connectivity index (χ3n) is 3.46. The number of benzene rings is 1. The van der Waals surface area contributed by atoms with Crippen LogP contribution in [0.2, 0.25) is 0 Å².